The van der Waals surface area contributed by atoms with E-state index in [1.807, 2.05) is 0 Å². The molecule has 1 rings (SSSR count). The van der Waals surface area contributed by atoms with E-state index in [0.717, 1.165) is 12.8 Å². The summed E-state index contributed by atoms with van der Waals surface area (Å²) in [5.74, 6) is -0.674. The van der Waals surface area contributed by atoms with Crippen LogP contribution in [-0.2, 0) is 4.79 Å². The van der Waals surface area contributed by atoms with Crippen LogP contribution in [0.4, 0.5) is 0 Å². The summed E-state index contributed by atoms with van der Waals surface area (Å²) in [5.41, 5.74) is -0.875. The van der Waals surface area contributed by atoms with Gasteiger partial charge in [0.05, 0.1) is 12.0 Å². The standard InChI is InChI=1S/C7H12O3/c1-7(4-8,6(9)10)5-2-3-5/h5,8H,2-4H2,1H3,(H,9,10). The van der Waals surface area contributed by atoms with Crippen LogP contribution in [0.3, 0.4) is 0 Å². The molecule has 0 spiro atoms. The SMILES string of the molecule is CC(CO)(C(=O)O)C1CC1. The van der Waals surface area contributed by atoms with Crippen molar-refractivity contribution in [1.29, 1.82) is 0 Å². The maximum atomic E-state index is 10.6. The van der Waals surface area contributed by atoms with Gasteiger partial charge in [-0.05, 0) is 25.7 Å². The number of carbonyl (C=O) groups is 1. The van der Waals surface area contributed by atoms with Crippen molar-refractivity contribution in [3.05, 3.63) is 0 Å². The van der Waals surface area contributed by atoms with Crippen LogP contribution in [0.5, 0.6) is 0 Å². The molecule has 0 bridgehead atoms. The third-order valence-corrected chi connectivity index (χ3v) is 2.30. The van der Waals surface area contributed by atoms with Crippen LogP contribution in [0.1, 0.15) is 19.8 Å². The van der Waals surface area contributed by atoms with Gasteiger partial charge in [-0.2, -0.15) is 0 Å². The smallest absolute Gasteiger partial charge is 0.311 e. The van der Waals surface area contributed by atoms with Gasteiger partial charge in [0.2, 0.25) is 0 Å². The van der Waals surface area contributed by atoms with Crippen molar-refractivity contribution >= 4 is 5.97 Å². The molecule has 0 aromatic carbocycles. The molecule has 1 atom stereocenters. The summed E-state index contributed by atoms with van der Waals surface area (Å²) in [6, 6.07) is 0. The Balaban J connectivity index is 2.65. The average Bonchev–Trinajstić information content (AvgIpc) is 2.67. The van der Waals surface area contributed by atoms with Gasteiger partial charge in [-0.25, -0.2) is 0 Å². The van der Waals surface area contributed by atoms with E-state index in [4.69, 9.17) is 10.2 Å². The van der Waals surface area contributed by atoms with Crippen LogP contribution in [0, 0.1) is 11.3 Å². The molecule has 0 radical (unpaired) electrons. The third kappa shape index (κ3) is 1.01. The van der Waals surface area contributed by atoms with Crippen LogP contribution in [-0.4, -0.2) is 22.8 Å². The fourth-order valence-electron chi connectivity index (χ4n) is 1.09. The van der Waals surface area contributed by atoms with Crippen LogP contribution >= 0.6 is 0 Å². The summed E-state index contributed by atoms with van der Waals surface area (Å²) in [6.45, 7) is 1.36. The van der Waals surface area contributed by atoms with Gasteiger partial charge in [0.1, 0.15) is 0 Å². The van der Waals surface area contributed by atoms with Gasteiger partial charge in [-0.1, -0.05) is 0 Å². The Bertz CT molecular complexity index is 151. The summed E-state index contributed by atoms with van der Waals surface area (Å²) in [7, 11) is 0. The van der Waals surface area contributed by atoms with Gasteiger partial charge in [0.25, 0.3) is 0 Å². The Hall–Kier alpha value is -0.570. The topological polar surface area (TPSA) is 57.5 Å². The lowest BCUT2D eigenvalue weighted by Gasteiger charge is -2.20. The number of aliphatic hydroxyl groups is 1. The molecule has 58 valence electrons. The number of carboxylic acid groups (broad SMARTS) is 1. The first-order valence-corrected chi connectivity index (χ1v) is 3.45. The largest absolute Gasteiger partial charge is 0.481 e. The maximum Gasteiger partial charge on any atom is 0.311 e. The molecule has 0 aliphatic heterocycles. The molecule has 0 saturated heterocycles. The summed E-state index contributed by atoms with van der Waals surface area (Å²) < 4.78 is 0. The molecule has 0 heterocycles. The first-order valence-electron chi connectivity index (χ1n) is 3.45. The van der Waals surface area contributed by atoms with Gasteiger partial charge in [0.15, 0.2) is 0 Å². The molecular formula is C7H12O3. The second-order valence-corrected chi connectivity index (χ2v) is 3.16. The van der Waals surface area contributed by atoms with Gasteiger partial charge in [0, 0.05) is 0 Å². The molecule has 1 fully saturated rings. The van der Waals surface area contributed by atoms with Crippen molar-refractivity contribution in [2.75, 3.05) is 6.61 Å². The van der Waals surface area contributed by atoms with Crippen molar-refractivity contribution in [3.8, 4) is 0 Å². The number of aliphatic hydroxyl groups excluding tert-OH is 1. The summed E-state index contributed by atoms with van der Waals surface area (Å²) in [5, 5.41) is 17.5. The highest BCUT2D eigenvalue weighted by Gasteiger charge is 2.46. The molecule has 1 saturated carbocycles. The van der Waals surface area contributed by atoms with E-state index in [-0.39, 0.29) is 12.5 Å². The minimum Gasteiger partial charge on any atom is -0.481 e. The Morgan fingerprint density at radius 1 is 1.70 bits per heavy atom. The van der Waals surface area contributed by atoms with Crippen molar-refractivity contribution in [1.82, 2.24) is 0 Å². The van der Waals surface area contributed by atoms with Crippen molar-refractivity contribution in [2.24, 2.45) is 11.3 Å². The summed E-state index contributed by atoms with van der Waals surface area (Å²) >= 11 is 0. The van der Waals surface area contributed by atoms with E-state index in [9.17, 15) is 4.79 Å². The van der Waals surface area contributed by atoms with Crippen molar-refractivity contribution < 1.29 is 15.0 Å². The quantitative estimate of drug-likeness (QED) is 0.605. The number of carboxylic acids is 1. The van der Waals surface area contributed by atoms with E-state index in [2.05, 4.69) is 0 Å². The lowest BCUT2D eigenvalue weighted by molar-refractivity contribution is -0.151. The molecule has 1 unspecified atom stereocenters. The van der Waals surface area contributed by atoms with Crippen LogP contribution < -0.4 is 0 Å². The average molecular weight is 144 g/mol. The van der Waals surface area contributed by atoms with E-state index in [1.54, 1.807) is 6.92 Å². The van der Waals surface area contributed by atoms with E-state index in [0.29, 0.717) is 0 Å². The Kier molecular flexibility index (Phi) is 1.68. The predicted molar refractivity (Wildman–Crippen MR) is 35.6 cm³/mol. The molecule has 0 aromatic rings. The predicted octanol–water partition coefficient (Wildman–Crippen LogP) is 0.480. The highest BCUT2D eigenvalue weighted by molar-refractivity contribution is 5.75. The summed E-state index contributed by atoms with van der Waals surface area (Å²) in [4.78, 5) is 10.6. The Morgan fingerprint density at radius 3 is 2.30 bits per heavy atom. The van der Waals surface area contributed by atoms with Gasteiger partial charge in [-0.15, -0.1) is 0 Å². The molecule has 3 heteroatoms. The van der Waals surface area contributed by atoms with Crippen molar-refractivity contribution in [3.63, 3.8) is 0 Å². The molecule has 1 aliphatic rings. The first kappa shape index (κ1) is 7.54. The van der Waals surface area contributed by atoms with Crippen LogP contribution in [0.25, 0.3) is 0 Å². The van der Waals surface area contributed by atoms with E-state index in [1.165, 1.54) is 0 Å². The zero-order chi connectivity index (χ0) is 7.78. The highest BCUT2D eigenvalue weighted by Crippen LogP contribution is 2.45. The molecule has 1 aliphatic carbocycles. The highest BCUT2D eigenvalue weighted by atomic mass is 16.4. The second kappa shape index (κ2) is 2.23. The van der Waals surface area contributed by atoms with E-state index < -0.39 is 11.4 Å². The fraction of sp³-hybridized carbons (Fsp3) is 0.857. The molecular weight excluding hydrogens is 132 g/mol. The fourth-order valence-corrected chi connectivity index (χ4v) is 1.09. The van der Waals surface area contributed by atoms with Gasteiger partial charge in [-0.3, -0.25) is 4.79 Å². The molecule has 2 N–H and O–H groups in total. The number of aliphatic carboxylic acids is 1. The lowest BCUT2D eigenvalue weighted by atomic mass is 9.86. The molecule has 0 aromatic heterocycles. The van der Waals surface area contributed by atoms with Crippen LogP contribution in [0.2, 0.25) is 0 Å². The van der Waals surface area contributed by atoms with Gasteiger partial charge >= 0.3 is 5.97 Å². The van der Waals surface area contributed by atoms with Crippen molar-refractivity contribution in [2.45, 2.75) is 19.8 Å². The van der Waals surface area contributed by atoms with Crippen LogP contribution in [0.15, 0.2) is 0 Å². The second-order valence-electron chi connectivity index (χ2n) is 3.16. The summed E-state index contributed by atoms with van der Waals surface area (Å²) in [6.07, 6.45) is 1.90. The molecule has 0 amide bonds. The molecule has 3 nitrogen and oxygen atoms in total. The zero-order valence-corrected chi connectivity index (χ0v) is 6.00. The minimum atomic E-state index is -0.877. The number of rotatable bonds is 3. The first-order chi connectivity index (χ1) is 4.61. The monoisotopic (exact) mass is 144 g/mol. The third-order valence-electron chi connectivity index (χ3n) is 2.30. The number of hydrogen-bond donors (Lipinski definition) is 2. The van der Waals surface area contributed by atoms with E-state index >= 15 is 0 Å². The van der Waals surface area contributed by atoms with Gasteiger partial charge < -0.3 is 10.2 Å². The zero-order valence-electron chi connectivity index (χ0n) is 6.00. The Labute approximate surface area is 59.7 Å². The normalized spacial score (nSPS) is 23.8. The minimum absolute atomic E-state index is 0.204. The maximum absolute atomic E-state index is 10.6. The number of hydrogen-bond acceptors (Lipinski definition) is 2. The Morgan fingerprint density at radius 2 is 2.20 bits per heavy atom. The molecule has 10 heavy (non-hydrogen) atoms. The lowest BCUT2D eigenvalue weighted by Crippen LogP contribution is -2.33.